The highest BCUT2D eigenvalue weighted by Crippen LogP contribution is 2.58. The zero-order chi connectivity index (χ0) is 19.8. The predicted octanol–water partition coefficient (Wildman–Crippen LogP) is 5.59. The van der Waals surface area contributed by atoms with Crippen LogP contribution in [0.5, 0.6) is 0 Å². The van der Waals surface area contributed by atoms with Crippen molar-refractivity contribution in [2.24, 2.45) is 11.3 Å². The largest absolute Gasteiger partial charge is 0.371 e. The fraction of sp³-hybridized carbons (Fsp3) is 0.500. The number of imide groups is 1. The molecule has 2 aliphatic heterocycles. The highest BCUT2D eigenvalue weighted by molar-refractivity contribution is 6.10. The zero-order valence-electron chi connectivity index (χ0n) is 16.9. The van der Waals surface area contributed by atoms with Crippen molar-refractivity contribution in [3.8, 4) is 0 Å². The summed E-state index contributed by atoms with van der Waals surface area (Å²) in [5, 5.41) is 2.09. The molecular formula is C24H33NO3. The summed E-state index contributed by atoms with van der Waals surface area (Å²) < 4.78 is 6.15. The van der Waals surface area contributed by atoms with Crippen molar-refractivity contribution in [2.75, 3.05) is 4.90 Å². The molecule has 2 aromatic carbocycles. The van der Waals surface area contributed by atoms with E-state index in [1.807, 2.05) is 63.2 Å². The van der Waals surface area contributed by atoms with E-state index >= 15 is 0 Å². The summed E-state index contributed by atoms with van der Waals surface area (Å²) >= 11 is 0. The molecule has 2 fully saturated rings. The minimum atomic E-state index is -0.483. The van der Waals surface area contributed by atoms with Crippen molar-refractivity contribution in [1.82, 2.24) is 0 Å². The van der Waals surface area contributed by atoms with Crippen LogP contribution in [0, 0.1) is 11.3 Å². The Hall–Kier alpha value is -2.20. The van der Waals surface area contributed by atoms with Gasteiger partial charge < -0.3 is 4.74 Å². The molecule has 0 spiro atoms. The highest BCUT2D eigenvalue weighted by atomic mass is 16.5. The van der Waals surface area contributed by atoms with Crippen LogP contribution in [0.1, 0.15) is 54.9 Å². The number of carbonyl (C=O) groups is 2. The second-order valence-corrected chi connectivity index (χ2v) is 8.06. The zero-order valence-corrected chi connectivity index (χ0v) is 16.9. The van der Waals surface area contributed by atoms with Crippen molar-refractivity contribution in [1.29, 1.82) is 0 Å². The van der Waals surface area contributed by atoms with Crippen LogP contribution in [-0.2, 0) is 14.3 Å². The van der Waals surface area contributed by atoms with Crippen molar-refractivity contribution >= 4 is 28.8 Å². The summed E-state index contributed by atoms with van der Waals surface area (Å²) in [5.74, 6) is -0.490. The molecule has 4 rings (SSSR count). The van der Waals surface area contributed by atoms with Gasteiger partial charge in [0.2, 0.25) is 12.3 Å². The maximum Gasteiger partial charge on any atom is 0.240 e. The molecule has 0 aromatic heterocycles. The first-order chi connectivity index (χ1) is 12.9. The number of hydrogen-bond donors (Lipinski definition) is 0. The van der Waals surface area contributed by atoms with E-state index in [2.05, 4.69) is 13.8 Å². The first kappa shape index (κ1) is 22.1. The molecule has 2 saturated heterocycles. The molecule has 0 radical (unpaired) electrons. The molecular weight excluding hydrogens is 350 g/mol. The van der Waals surface area contributed by atoms with Crippen molar-refractivity contribution in [3.05, 3.63) is 42.5 Å². The van der Waals surface area contributed by atoms with E-state index in [0.717, 1.165) is 23.6 Å². The SMILES string of the molecule is C.CC.CC12CCC(O1)C(C)(C)C2C(=O)N(C=O)c1ccc2ccccc2c1. The molecule has 28 heavy (non-hydrogen) atoms. The van der Waals surface area contributed by atoms with E-state index in [1.165, 1.54) is 4.90 Å². The van der Waals surface area contributed by atoms with E-state index in [9.17, 15) is 9.59 Å². The standard InChI is InChI=1S/C21H23NO3.C2H6.CH4/c1-20(2)17-10-11-21(3,25-17)18(20)19(24)22(13-23)16-9-8-14-6-4-5-7-15(14)12-16;1-2;/h4-9,12-13,17-18H,10-11H2,1-3H3;1-2H3;1H4. The molecule has 0 N–H and O–H groups in total. The van der Waals surface area contributed by atoms with Crippen molar-refractivity contribution < 1.29 is 14.3 Å². The second kappa shape index (κ2) is 8.04. The summed E-state index contributed by atoms with van der Waals surface area (Å²) in [7, 11) is 0. The first-order valence-corrected chi connectivity index (χ1v) is 9.82. The maximum absolute atomic E-state index is 13.3. The quantitative estimate of drug-likeness (QED) is 0.650. The third-order valence-electron chi connectivity index (χ3n) is 6.10. The van der Waals surface area contributed by atoms with Gasteiger partial charge in [-0.25, -0.2) is 0 Å². The minimum absolute atomic E-state index is 0. The Kier molecular flexibility index (Phi) is 6.34. The number of carbonyl (C=O) groups excluding carboxylic acids is 2. The number of rotatable bonds is 3. The van der Waals surface area contributed by atoms with Crippen LogP contribution in [0.25, 0.3) is 10.8 Å². The summed E-state index contributed by atoms with van der Waals surface area (Å²) in [6.07, 6.45) is 2.56. The molecule has 2 aromatic rings. The average molecular weight is 384 g/mol. The summed E-state index contributed by atoms with van der Waals surface area (Å²) in [6, 6.07) is 13.6. The molecule has 0 aliphatic carbocycles. The number of anilines is 1. The molecule has 4 heteroatoms. The number of benzene rings is 2. The number of nitrogens with zero attached hydrogens (tertiary/aromatic N) is 1. The molecule has 152 valence electrons. The minimum Gasteiger partial charge on any atom is -0.371 e. The molecule has 2 bridgehead atoms. The van der Waals surface area contributed by atoms with E-state index in [1.54, 1.807) is 0 Å². The Balaban J connectivity index is 0.000000906. The van der Waals surface area contributed by atoms with Gasteiger partial charge in [-0.1, -0.05) is 65.5 Å². The summed E-state index contributed by atoms with van der Waals surface area (Å²) in [5.41, 5.74) is -0.146. The van der Waals surface area contributed by atoms with E-state index in [-0.39, 0.29) is 30.8 Å². The second-order valence-electron chi connectivity index (χ2n) is 8.06. The van der Waals surface area contributed by atoms with Gasteiger partial charge >= 0.3 is 0 Å². The molecule has 0 saturated carbocycles. The van der Waals surface area contributed by atoms with Crippen LogP contribution in [0.15, 0.2) is 42.5 Å². The van der Waals surface area contributed by atoms with Gasteiger partial charge in [0.1, 0.15) is 0 Å². The lowest BCUT2D eigenvalue weighted by atomic mass is 9.63. The van der Waals surface area contributed by atoms with Crippen LogP contribution < -0.4 is 4.90 Å². The third kappa shape index (κ3) is 3.35. The van der Waals surface area contributed by atoms with Gasteiger partial charge in [0, 0.05) is 5.41 Å². The van der Waals surface area contributed by atoms with Crippen LogP contribution in [0.3, 0.4) is 0 Å². The summed E-state index contributed by atoms with van der Waals surface area (Å²) in [6.45, 7) is 10.2. The Labute approximate surface area is 168 Å². The number of ether oxygens (including phenoxy) is 1. The van der Waals surface area contributed by atoms with Crippen LogP contribution in [-0.4, -0.2) is 24.0 Å². The molecule has 2 amide bonds. The lowest BCUT2D eigenvalue weighted by Crippen LogP contribution is -2.51. The fourth-order valence-corrected chi connectivity index (χ4v) is 4.85. The monoisotopic (exact) mass is 383 g/mol. The topological polar surface area (TPSA) is 46.6 Å². The van der Waals surface area contributed by atoms with Crippen LogP contribution in [0.4, 0.5) is 5.69 Å². The molecule has 4 nitrogen and oxygen atoms in total. The van der Waals surface area contributed by atoms with Crippen molar-refractivity contribution in [2.45, 2.75) is 66.6 Å². The number of fused-ring (bicyclic) bond motifs is 3. The molecule has 2 aliphatic rings. The van der Waals surface area contributed by atoms with Crippen LogP contribution >= 0.6 is 0 Å². The maximum atomic E-state index is 13.3. The predicted molar refractivity (Wildman–Crippen MR) is 115 cm³/mol. The lowest BCUT2D eigenvalue weighted by Gasteiger charge is -2.39. The normalized spacial score (nSPS) is 26.8. The Morgan fingerprint density at radius 3 is 2.32 bits per heavy atom. The Bertz CT molecular complexity index is 855. The Morgan fingerprint density at radius 1 is 1.11 bits per heavy atom. The van der Waals surface area contributed by atoms with Gasteiger partial charge in [-0.2, -0.15) is 0 Å². The highest BCUT2D eigenvalue weighted by Gasteiger charge is 2.64. The van der Waals surface area contributed by atoms with Gasteiger partial charge in [-0.15, -0.1) is 0 Å². The van der Waals surface area contributed by atoms with E-state index < -0.39 is 5.60 Å². The lowest BCUT2D eigenvalue weighted by molar-refractivity contribution is -0.131. The average Bonchev–Trinajstić information content (AvgIpc) is 3.15. The van der Waals surface area contributed by atoms with Gasteiger partial charge in [0.05, 0.1) is 23.3 Å². The number of amides is 2. The van der Waals surface area contributed by atoms with Crippen molar-refractivity contribution in [3.63, 3.8) is 0 Å². The molecule has 3 unspecified atom stereocenters. The fourth-order valence-electron chi connectivity index (χ4n) is 4.85. The summed E-state index contributed by atoms with van der Waals surface area (Å²) in [4.78, 5) is 26.4. The molecule has 2 heterocycles. The Morgan fingerprint density at radius 2 is 1.75 bits per heavy atom. The number of hydrogen-bond acceptors (Lipinski definition) is 3. The molecule has 3 atom stereocenters. The van der Waals surface area contributed by atoms with E-state index in [0.29, 0.717) is 12.1 Å². The first-order valence-electron chi connectivity index (χ1n) is 9.82. The third-order valence-corrected chi connectivity index (χ3v) is 6.10. The smallest absolute Gasteiger partial charge is 0.240 e. The van der Waals surface area contributed by atoms with Gasteiger partial charge in [-0.05, 0) is 42.7 Å². The van der Waals surface area contributed by atoms with Gasteiger partial charge in [-0.3, -0.25) is 14.5 Å². The van der Waals surface area contributed by atoms with Gasteiger partial charge in [0.15, 0.2) is 0 Å². The van der Waals surface area contributed by atoms with Gasteiger partial charge in [0.25, 0.3) is 0 Å². The van der Waals surface area contributed by atoms with E-state index in [4.69, 9.17) is 4.74 Å². The van der Waals surface area contributed by atoms with Crippen LogP contribution in [0.2, 0.25) is 0 Å².